The largest absolute Gasteiger partial charge is 0.474 e. The lowest BCUT2D eigenvalue weighted by molar-refractivity contribution is 0.114. The molecule has 1 saturated carbocycles. The van der Waals surface area contributed by atoms with Gasteiger partial charge in [-0.3, -0.25) is 0 Å². The highest BCUT2D eigenvalue weighted by Crippen LogP contribution is 2.26. The predicted octanol–water partition coefficient (Wildman–Crippen LogP) is 3.41. The van der Waals surface area contributed by atoms with Crippen molar-refractivity contribution in [1.29, 1.82) is 0 Å². The van der Waals surface area contributed by atoms with Gasteiger partial charge in [-0.25, -0.2) is 4.98 Å². The molecule has 1 aromatic rings. The van der Waals surface area contributed by atoms with Crippen molar-refractivity contribution >= 4 is 11.6 Å². The number of nitrogens with zero attached hydrogens (tertiary/aromatic N) is 1. The van der Waals surface area contributed by atoms with Crippen LogP contribution in [0, 0.1) is 5.92 Å². The van der Waals surface area contributed by atoms with E-state index in [1.54, 1.807) is 6.20 Å². The third-order valence-corrected chi connectivity index (χ3v) is 3.46. The second kappa shape index (κ2) is 6.39. The Hall–Kier alpha value is -0.800. The van der Waals surface area contributed by atoms with Crippen molar-refractivity contribution < 1.29 is 4.74 Å². The van der Waals surface area contributed by atoms with Crippen molar-refractivity contribution in [2.75, 3.05) is 6.54 Å². The highest BCUT2D eigenvalue weighted by Gasteiger charge is 2.19. The number of pyridine rings is 1. The van der Waals surface area contributed by atoms with Gasteiger partial charge in [-0.2, -0.15) is 0 Å². The van der Waals surface area contributed by atoms with Gasteiger partial charge in [-0.15, -0.1) is 0 Å². The van der Waals surface area contributed by atoms with E-state index in [2.05, 4.69) is 24.1 Å². The number of nitrogens with one attached hydrogen (secondary N) is 1. The number of hydrogen-bond donors (Lipinski definition) is 1. The van der Waals surface area contributed by atoms with Crippen LogP contribution in [-0.2, 0) is 6.54 Å². The van der Waals surface area contributed by atoms with Gasteiger partial charge in [0.25, 0.3) is 0 Å². The second-order valence-corrected chi connectivity index (χ2v) is 5.72. The van der Waals surface area contributed by atoms with Gasteiger partial charge in [0.15, 0.2) is 0 Å². The number of aromatic nitrogens is 1. The second-order valence-electron chi connectivity index (χ2n) is 5.31. The molecule has 0 saturated heterocycles. The van der Waals surface area contributed by atoms with E-state index in [1.165, 1.54) is 6.42 Å². The summed E-state index contributed by atoms with van der Waals surface area (Å²) in [7, 11) is 0. The maximum atomic E-state index is 6.14. The van der Waals surface area contributed by atoms with Crippen molar-refractivity contribution in [2.45, 2.75) is 45.8 Å². The van der Waals surface area contributed by atoms with Crippen LogP contribution in [0.3, 0.4) is 0 Å². The minimum atomic E-state index is 0.357. The molecule has 0 bridgehead atoms. The normalized spacial score (nSPS) is 15.8. The van der Waals surface area contributed by atoms with Crippen molar-refractivity contribution in [1.82, 2.24) is 10.3 Å². The van der Waals surface area contributed by atoms with Crippen LogP contribution in [0.25, 0.3) is 0 Å². The Morgan fingerprint density at radius 3 is 2.89 bits per heavy atom. The Labute approximate surface area is 114 Å². The van der Waals surface area contributed by atoms with Gasteiger partial charge in [-0.05, 0) is 37.3 Å². The van der Waals surface area contributed by atoms with Crippen LogP contribution in [0.1, 0.15) is 38.7 Å². The van der Waals surface area contributed by atoms with Gasteiger partial charge in [-0.1, -0.05) is 25.4 Å². The lowest BCUT2D eigenvalue weighted by Gasteiger charge is -2.25. The molecule has 1 fully saturated rings. The fourth-order valence-corrected chi connectivity index (χ4v) is 1.98. The monoisotopic (exact) mass is 268 g/mol. The molecule has 4 heteroatoms. The minimum absolute atomic E-state index is 0.357. The van der Waals surface area contributed by atoms with E-state index in [-0.39, 0.29) is 0 Å². The summed E-state index contributed by atoms with van der Waals surface area (Å²) in [5.74, 6) is 1.33. The fraction of sp³-hybridized carbons (Fsp3) is 0.643. The molecule has 1 aromatic heterocycles. The molecular weight excluding hydrogens is 248 g/mol. The van der Waals surface area contributed by atoms with Crippen LogP contribution in [-0.4, -0.2) is 17.6 Å². The van der Waals surface area contributed by atoms with Crippen LogP contribution in [0.4, 0.5) is 0 Å². The smallest absolute Gasteiger partial charge is 0.213 e. The Kier molecular flexibility index (Phi) is 4.84. The number of halogens is 1. The first-order valence-electron chi connectivity index (χ1n) is 6.67. The van der Waals surface area contributed by atoms with Crippen LogP contribution >= 0.6 is 11.6 Å². The highest BCUT2D eigenvalue weighted by molar-refractivity contribution is 6.31. The molecule has 0 amide bonds. The maximum Gasteiger partial charge on any atom is 0.213 e. The molecule has 0 atom stereocenters. The average Bonchev–Trinajstić information content (AvgIpc) is 2.27. The lowest BCUT2D eigenvalue weighted by atomic mass is 9.96. The predicted molar refractivity (Wildman–Crippen MR) is 74.1 cm³/mol. The summed E-state index contributed by atoms with van der Waals surface area (Å²) < 4.78 is 5.78. The molecule has 1 N–H and O–H groups in total. The number of ether oxygens (including phenoxy) is 1. The van der Waals surface area contributed by atoms with E-state index in [0.29, 0.717) is 22.9 Å². The lowest BCUT2D eigenvalue weighted by Crippen LogP contribution is -2.25. The van der Waals surface area contributed by atoms with Crippen molar-refractivity contribution in [3.63, 3.8) is 0 Å². The number of hydrogen-bond acceptors (Lipinski definition) is 3. The van der Waals surface area contributed by atoms with E-state index >= 15 is 0 Å². The molecule has 18 heavy (non-hydrogen) atoms. The van der Waals surface area contributed by atoms with Crippen molar-refractivity contribution in [2.24, 2.45) is 5.92 Å². The minimum Gasteiger partial charge on any atom is -0.474 e. The summed E-state index contributed by atoms with van der Waals surface area (Å²) in [5, 5.41) is 4.08. The van der Waals surface area contributed by atoms with Crippen LogP contribution in [0.5, 0.6) is 5.88 Å². The van der Waals surface area contributed by atoms with Gasteiger partial charge < -0.3 is 10.1 Å². The Morgan fingerprint density at radius 1 is 1.50 bits per heavy atom. The highest BCUT2D eigenvalue weighted by atomic mass is 35.5. The van der Waals surface area contributed by atoms with Crippen molar-refractivity contribution in [3.05, 3.63) is 22.8 Å². The van der Waals surface area contributed by atoms with E-state index in [0.717, 1.165) is 31.5 Å². The number of rotatable bonds is 6. The van der Waals surface area contributed by atoms with E-state index < -0.39 is 0 Å². The topological polar surface area (TPSA) is 34.1 Å². The molecule has 0 radical (unpaired) electrons. The molecule has 0 aromatic carbocycles. The molecule has 1 heterocycles. The molecule has 2 rings (SSSR count). The molecule has 3 nitrogen and oxygen atoms in total. The zero-order chi connectivity index (χ0) is 13.0. The zero-order valence-electron chi connectivity index (χ0n) is 11.1. The zero-order valence-corrected chi connectivity index (χ0v) is 11.8. The van der Waals surface area contributed by atoms with E-state index in [1.807, 2.05) is 6.07 Å². The third-order valence-electron chi connectivity index (χ3n) is 3.12. The summed E-state index contributed by atoms with van der Waals surface area (Å²) in [6, 6.07) is 1.95. The third kappa shape index (κ3) is 3.85. The van der Waals surface area contributed by atoms with Gasteiger partial charge in [0.05, 0.1) is 5.02 Å². The molecule has 0 unspecified atom stereocenters. The summed E-state index contributed by atoms with van der Waals surface area (Å²) in [5.41, 5.74) is 1.06. The molecule has 0 spiro atoms. The first-order valence-corrected chi connectivity index (χ1v) is 7.04. The van der Waals surface area contributed by atoms with E-state index in [4.69, 9.17) is 16.3 Å². The van der Waals surface area contributed by atoms with Crippen LogP contribution in [0.15, 0.2) is 12.3 Å². The Balaban J connectivity index is 1.92. The van der Waals surface area contributed by atoms with Gasteiger partial charge in [0.1, 0.15) is 6.10 Å². The average molecular weight is 269 g/mol. The summed E-state index contributed by atoms with van der Waals surface area (Å²) in [4.78, 5) is 4.22. The summed E-state index contributed by atoms with van der Waals surface area (Å²) in [6.07, 6.45) is 5.59. The van der Waals surface area contributed by atoms with Gasteiger partial charge in [0, 0.05) is 18.8 Å². The molecule has 1 aliphatic rings. The first-order chi connectivity index (χ1) is 8.65. The summed E-state index contributed by atoms with van der Waals surface area (Å²) in [6.45, 7) is 6.12. The standard InChI is InChI=1S/C14H21ClN2O/c1-10(2)7-16-8-11-6-14(17-9-13(11)15)18-12-4-3-5-12/h6,9-10,12,16H,3-5,7-8H2,1-2H3. The molecular formula is C14H21ClN2O. The van der Waals surface area contributed by atoms with E-state index in [9.17, 15) is 0 Å². The first kappa shape index (κ1) is 13.6. The Bertz CT molecular complexity index is 391. The Morgan fingerprint density at radius 2 is 2.28 bits per heavy atom. The summed E-state index contributed by atoms with van der Waals surface area (Å²) >= 11 is 6.14. The van der Waals surface area contributed by atoms with Gasteiger partial charge in [0.2, 0.25) is 5.88 Å². The van der Waals surface area contributed by atoms with Gasteiger partial charge >= 0.3 is 0 Å². The molecule has 1 aliphatic carbocycles. The van der Waals surface area contributed by atoms with Crippen LogP contribution in [0.2, 0.25) is 5.02 Å². The fourth-order valence-electron chi connectivity index (χ4n) is 1.81. The quantitative estimate of drug-likeness (QED) is 0.859. The molecule has 100 valence electrons. The SMILES string of the molecule is CC(C)CNCc1cc(OC2CCC2)ncc1Cl. The molecule has 0 aliphatic heterocycles. The van der Waals surface area contributed by atoms with Crippen molar-refractivity contribution in [3.8, 4) is 5.88 Å². The maximum absolute atomic E-state index is 6.14. The van der Waals surface area contributed by atoms with Crippen LogP contribution < -0.4 is 10.1 Å².